The molecule has 0 spiro atoms. The van der Waals surface area contributed by atoms with Gasteiger partial charge in [0, 0.05) is 32.2 Å². The molecule has 1 aromatic carbocycles. The number of amides is 1. The number of hydrogen-bond donors (Lipinski definition) is 1. The van der Waals surface area contributed by atoms with Gasteiger partial charge in [-0.1, -0.05) is 29.8 Å². The monoisotopic (exact) mass is 318 g/mol. The lowest BCUT2D eigenvalue weighted by Crippen LogP contribution is -2.40. The summed E-state index contributed by atoms with van der Waals surface area (Å²) in [5.41, 5.74) is 2.66. The molecule has 0 radical (unpaired) electrons. The Morgan fingerprint density at radius 1 is 1.26 bits per heavy atom. The Kier molecular flexibility index (Phi) is 7.56. The highest BCUT2D eigenvalue weighted by atomic mass is 16.5. The van der Waals surface area contributed by atoms with Gasteiger partial charge in [-0.15, -0.1) is 0 Å². The van der Waals surface area contributed by atoms with E-state index in [9.17, 15) is 4.79 Å². The number of rotatable bonds is 8. The first-order valence-corrected chi connectivity index (χ1v) is 8.82. The molecule has 0 bridgehead atoms. The Morgan fingerprint density at radius 2 is 1.96 bits per heavy atom. The van der Waals surface area contributed by atoms with Crippen LogP contribution in [0.5, 0.6) is 0 Å². The van der Waals surface area contributed by atoms with Crippen LogP contribution in [-0.4, -0.2) is 43.7 Å². The molecule has 0 unspecified atom stereocenters. The lowest BCUT2D eigenvalue weighted by Gasteiger charge is -2.31. The number of nitrogens with one attached hydrogen (secondary N) is 1. The third-order valence-corrected chi connectivity index (χ3v) is 4.45. The van der Waals surface area contributed by atoms with Crippen molar-refractivity contribution in [3.63, 3.8) is 0 Å². The van der Waals surface area contributed by atoms with Gasteiger partial charge in [0.25, 0.3) is 0 Å². The third-order valence-electron chi connectivity index (χ3n) is 4.45. The van der Waals surface area contributed by atoms with Gasteiger partial charge in [-0.05, 0) is 51.8 Å². The Morgan fingerprint density at radius 3 is 2.61 bits per heavy atom. The molecule has 0 atom stereocenters. The first-order chi connectivity index (χ1) is 11.2. The van der Waals surface area contributed by atoms with E-state index < -0.39 is 0 Å². The summed E-state index contributed by atoms with van der Waals surface area (Å²) in [5.74, 6) is 0.396. The van der Waals surface area contributed by atoms with Gasteiger partial charge in [-0.3, -0.25) is 9.69 Å². The number of benzene rings is 1. The lowest BCUT2D eigenvalue weighted by atomic mass is 9.95. The highest BCUT2D eigenvalue weighted by Gasteiger charge is 2.24. The van der Waals surface area contributed by atoms with Crippen molar-refractivity contribution in [2.45, 2.75) is 39.7 Å². The van der Waals surface area contributed by atoms with Crippen molar-refractivity contribution in [2.75, 3.05) is 32.8 Å². The van der Waals surface area contributed by atoms with Gasteiger partial charge in [0.2, 0.25) is 5.91 Å². The van der Waals surface area contributed by atoms with Crippen LogP contribution in [0.3, 0.4) is 0 Å². The Labute approximate surface area is 140 Å². The van der Waals surface area contributed by atoms with E-state index in [2.05, 4.69) is 41.4 Å². The van der Waals surface area contributed by atoms with Crippen LogP contribution >= 0.6 is 0 Å². The van der Waals surface area contributed by atoms with E-state index in [1.807, 2.05) is 6.92 Å². The summed E-state index contributed by atoms with van der Waals surface area (Å²) in [6.07, 6.45) is 2.82. The topological polar surface area (TPSA) is 41.6 Å². The van der Waals surface area contributed by atoms with Gasteiger partial charge >= 0.3 is 0 Å². The summed E-state index contributed by atoms with van der Waals surface area (Å²) in [5, 5.41) is 3.04. The predicted molar refractivity (Wildman–Crippen MR) is 93.3 cm³/mol. The molecule has 128 valence electrons. The van der Waals surface area contributed by atoms with Gasteiger partial charge in [0.1, 0.15) is 0 Å². The maximum absolute atomic E-state index is 12.2. The molecule has 1 aliphatic rings. The standard InChI is InChI=1S/C19H30N2O2/c1-3-23-14-4-11-20-19(22)18-9-12-21(13-10-18)15-17-7-5-16(2)6-8-17/h5-8,18H,3-4,9-15H2,1-2H3,(H,20,22). The minimum Gasteiger partial charge on any atom is -0.382 e. The molecule has 4 heteroatoms. The van der Waals surface area contributed by atoms with Crippen LogP contribution in [0.2, 0.25) is 0 Å². The van der Waals surface area contributed by atoms with Crippen molar-refractivity contribution >= 4 is 5.91 Å². The van der Waals surface area contributed by atoms with Crippen LogP contribution in [-0.2, 0) is 16.1 Å². The molecule has 0 aliphatic carbocycles. The number of ether oxygens (including phenoxy) is 1. The van der Waals surface area contributed by atoms with Crippen LogP contribution in [0.1, 0.15) is 37.3 Å². The molecular formula is C19H30N2O2. The van der Waals surface area contributed by atoms with Crippen molar-refractivity contribution in [2.24, 2.45) is 5.92 Å². The zero-order valence-corrected chi connectivity index (χ0v) is 14.5. The smallest absolute Gasteiger partial charge is 0.223 e. The van der Waals surface area contributed by atoms with E-state index in [-0.39, 0.29) is 11.8 Å². The van der Waals surface area contributed by atoms with Gasteiger partial charge in [0.15, 0.2) is 0 Å². The molecule has 1 heterocycles. The molecule has 23 heavy (non-hydrogen) atoms. The van der Waals surface area contributed by atoms with Crippen molar-refractivity contribution in [1.29, 1.82) is 0 Å². The predicted octanol–water partition coefficient (Wildman–Crippen LogP) is 2.75. The van der Waals surface area contributed by atoms with Crippen molar-refractivity contribution in [3.8, 4) is 0 Å². The Balaban J connectivity index is 1.65. The van der Waals surface area contributed by atoms with Crippen LogP contribution < -0.4 is 5.32 Å². The van der Waals surface area contributed by atoms with Crippen molar-refractivity contribution < 1.29 is 9.53 Å². The number of carbonyl (C=O) groups excluding carboxylic acids is 1. The Bertz CT molecular complexity index is 465. The zero-order valence-electron chi connectivity index (χ0n) is 14.5. The zero-order chi connectivity index (χ0) is 16.5. The number of carbonyl (C=O) groups is 1. The number of aryl methyl sites for hydroxylation is 1. The highest BCUT2D eigenvalue weighted by Crippen LogP contribution is 2.19. The van der Waals surface area contributed by atoms with Crippen LogP contribution in [0.25, 0.3) is 0 Å². The summed E-state index contributed by atoms with van der Waals surface area (Å²) in [4.78, 5) is 14.6. The van der Waals surface area contributed by atoms with Crippen molar-refractivity contribution in [3.05, 3.63) is 35.4 Å². The summed E-state index contributed by atoms with van der Waals surface area (Å²) >= 11 is 0. The van der Waals surface area contributed by atoms with Crippen LogP contribution in [0.4, 0.5) is 0 Å². The molecule has 1 aromatic rings. The first-order valence-electron chi connectivity index (χ1n) is 8.82. The third kappa shape index (κ3) is 6.32. The minimum absolute atomic E-state index is 0.177. The molecule has 1 saturated heterocycles. The second kappa shape index (κ2) is 9.68. The average molecular weight is 318 g/mol. The van der Waals surface area contributed by atoms with Gasteiger partial charge in [-0.2, -0.15) is 0 Å². The molecule has 4 nitrogen and oxygen atoms in total. The normalized spacial score (nSPS) is 16.4. The minimum atomic E-state index is 0.177. The molecule has 1 fully saturated rings. The maximum atomic E-state index is 12.2. The molecule has 0 aromatic heterocycles. The fraction of sp³-hybridized carbons (Fsp3) is 0.632. The molecule has 1 N–H and O–H groups in total. The second-order valence-corrected chi connectivity index (χ2v) is 6.38. The van der Waals surface area contributed by atoms with E-state index >= 15 is 0 Å². The number of piperidine rings is 1. The quantitative estimate of drug-likeness (QED) is 0.749. The van der Waals surface area contributed by atoms with E-state index in [0.29, 0.717) is 0 Å². The van der Waals surface area contributed by atoms with E-state index in [0.717, 1.165) is 58.7 Å². The van der Waals surface area contributed by atoms with Crippen LogP contribution in [0, 0.1) is 12.8 Å². The summed E-state index contributed by atoms with van der Waals surface area (Å²) < 4.78 is 5.28. The lowest BCUT2D eigenvalue weighted by molar-refractivity contribution is -0.126. The molecule has 1 amide bonds. The van der Waals surface area contributed by atoms with E-state index in [4.69, 9.17) is 4.74 Å². The SMILES string of the molecule is CCOCCCNC(=O)C1CCN(Cc2ccc(C)cc2)CC1. The fourth-order valence-corrected chi connectivity index (χ4v) is 2.98. The number of hydrogen-bond acceptors (Lipinski definition) is 3. The number of nitrogens with zero attached hydrogens (tertiary/aromatic N) is 1. The summed E-state index contributed by atoms with van der Waals surface area (Å²) in [7, 11) is 0. The first kappa shape index (κ1) is 18.0. The second-order valence-electron chi connectivity index (χ2n) is 6.38. The molecule has 1 aliphatic heterocycles. The van der Waals surface area contributed by atoms with Crippen molar-refractivity contribution in [1.82, 2.24) is 10.2 Å². The molecular weight excluding hydrogens is 288 g/mol. The Hall–Kier alpha value is -1.39. The number of likely N-dealkylation sites (tertiary alicyclic amines) is 1. The molecule has 2 rings (SSSR count). The molecule has 0 saturated carbocycles. The van der Waals surface area contributed by atoms with Crippen LogP contribution in [0.15, 0.2) is 24.3 Å². The van der Waals surface area contributed by atoms with Gasteiger partial charge in [0.05, 0.1) is 0 Å². The van der Waals surface area contributed by atoms with E-state index in [1.165, 1.54) is 11.1 Å². The highest BCUT2D eigenvalue weighted by molar-refractivity contribution is 5.78. The van der Waals surface area contributed by atoms with Gasteiger partial charge in [-0.25, -0.2) is 0 Å². The maximum Gasteiger partial charge on any atom is 0.223 e. The van der Waals surface area contributed by atoms with Gasteiger partial charge < -0.3 is 10.1 Å². The average Bonchev–Trinajstić information content (AvgIpc) is 2.57. The summed E-state index contributed by atoms with van der Waals surface area (Å²) in [6, 6.07) is 8.73. The van der Waals surface area contributed by atoms with E-state index in [1.54, 1.807) is 0 Å². The fourth-order valence-electron chi connectivity index (χ4n) is 2.98. The summed E-state index contributed by atoms with van der Waals surface area (Å²) in [6.45, 7) is 9.30. The largest absolute Gasteiger partial charge is 0.382 e.